The van der Waals surface area contributed by atoms with Crippen LogP contribution in [-0.4, -0.2) is 30.6 Å². The molecule has 0 amide bonds. The molecule has 1 aliphatic carbocycles. The van der Waals surface area contributed by atoms with Gasteiger partial charge in [-0.3, -0.25) is 0 Å². The minimum absolute atomic E-state index is 0.134. The Morgan fingerprint density at radius 1 is 1.37 bits per heavy atom. The van der Waals surface area contributed by atoms with E-state index in [0.29, 0.717) is 12.1 Å². The first-order valence-electron chi connectivity index (χ1n) is 7.06. The molecule has 1 heterocycles. The average Bonchev–Trinajstić information content (AvgIpc) is 3.07. The number of hydrogen-bond acceptors (Lipinski definition) is 3. The summed E-state index contributed by atoms with van der Waals surface area (Å²) in [7, 11) is 2.14. The largest absolute Gasteiger partial charge is 0.370 e. The first-order valence-corrected chi connectivity index (χ1v) is 8.22. The number of anilines is 1. The van der Waals surface area contributed by atoms with Crippen molar-refractivity contribution in [3.05, 3.63) is 29.6 Å². The van der Waals surface area contributed by atoms with E-state index in [9.17, 15) is 4.39 Å². The van der Waals surface area contributed by atoms with Gasteiger partial charge >= 0.3 is 0 Å². The summed E-state index contributed by atoms with van der Waals surface area (Å²) in [5.74, 6) is 2.29. The highest BCUT2D eigenvalue weighted by molar-refractivity contribution is 7.99. The summed E-state index contributed by atoms with van der Waals surface area (Å²) >= 11 is 2.01. The number of rotatable bonds is 5. The quantitative estimate of drug-likeness (QED) is 0.892. The normalized spacial score (nSPS) is 22.7. The fourth-order valence-electron chi connectivity index (χ4n) is 2.61. The summed E-state index contributed by atoms with van der Waals surface area (Å²) in [5, 5.41) is 3.49. The summed E-state index contributed by atoms with van der Waals surface area (Å²) in [5.41, 5.74) is 2.27. The van der Waals surface area contributed by atoms with Crippen molar-refractivity contribution >= 4 is 17.4 Å². The van der Waals surface area contributed by atoms with Gasteiger partial charge < -0.3 is 10.2 Å². The molecule has 0 radical (unpaired) electrons. The highest BCUT2D eigenvalue weighted by Crippen LogP contribution is 2.29. The molecule has 1 unspecified atom stereocenters. The third-order valence-corrected chi connectivity index (χ3v) is 5.18. The molecular formula is C15H21FN2S. The van der Waals surface area contributed by atoms with Crippen molar-refractivity contribution < 1.29 is 4.39 Å². The van der Waals surface area contributed by atoms with Crippen LogP contribution in [0.5, 0.6) is 0 Å². The van der Waals surface area contributed by atoms with Crippen LogP contribution < -0.4 is 10.2 Å². The molecule has 3 rings (SSSR count). The summed E-state index contributed by atoms with van der Waals surface area (Å²) in [6.07, 6.45) is 3.76. The minimum Gasteiger partial charge on any atom is -0.370 e. The highest BCUT2D eigenvalue weighted by atomic mass is 32.2. The van der Waals surface area contributed by atoms with E-state index in [-0.39, 0.29) is 5.82 Å². The maximum absolute atomic E-state index is 13.5. The molecule has 2 fully saturated rings. The average molecular weight is 280 g/mol. The molecule has 1 aromatic rings. The number of thioether (sulfide) groups is 1. The molecule has 0 bridgehead atoms. The van der Waals surface area contributed by atoms with Gasteiger partial charge in [0.15, 0.2) is 0 Å². The zero-order valence-corrected chi connectivity index (χ0v) is 12.2. The summed E-state index contributed by atoms with van der Waals surface area (Å²) < 4.78 is 13.5. The van der Waals surface area contributed by atoms with E-state index in [1.807, 2.05) is 17.8 Å². The second kappa shape index (κ2) is 5.71. The maximum atomic E-state index is 13.5. The van der Waals surface area contributed by atoms with Crippen molar-refractivity contribution in [3.8, 4) is 0 Å². The number of halogens is 1. The third-order valence-electron chi connectivity index (χ3n) is 4.03. The van der Waals surface area contributed by atoms with Crippen LogP contribution in [0.25, 0.3) is 0 Å². The topological polar surface area (TPSA) is 15.3 Å². The Labute approximate surface area is 118 Å². The predicted molar refractivity (Wildman–Crippen MR) is 80.4 cm³/mol. The smallest absolute Gasteiger partial charge is 0.123 e. The van der Waals surface area contributed by atoms with Crippen LogP contribution in [0.15, 0.2) is 18.2 Å². The van der Waals surface area contributed by atoms with Crippen LogP contribution in [0.1, 0.15) is 24.8 Å². The third kappa shape index (κ3) is 3.23. The van der Waals surface area contributed by atoms with Crippen LogP contribution >= 0.6 is 11.8 Å². The van der Waals surface area contributed by atoms with Gasteiger partial charge in [0.1, 0.15) is 5.82 Å². The van der Waals surface area contributed by atoms with Gasteiger partial charge in [0.25, 0.3) is 0 Å². The van der Waals surface area contributed by atoms with Crippen molar-refractivity contribution in [2.75, 3.05) is 23.5 Å². The van der Waals surface area contributed by atoms with Gasteiger partial charge in [-0.25, -0.2) is 4.39 Å². The monoisotopic (exact) mass is 280 g/mol. The van der Waals surface area contributed by atoms with Gasteiger partial charge in [0, 0.05) is 37.1 Å². The van der Waals surface area contributed by atoms with E-state index >= 15 is 0 Å². The van der Waals surface area contributed by atoms with E-state index in [0.717, 1.165) is 12.1 Å². The van der Waals surface area contributed by atoms with Crippen molar-refractivity contribution in [1.29, 1.82) is 0 Å². The molecule has 2 nitrogen and oxygen atoms in total. The fourth-order valence-corrected chi connectivity index (χ4v) is 3.87. The van der Waals surface area contributed by atoms with Gasteiger partial charge in [-0.1, -0.05) is 0 Å². The zero-order valence-electron chi connectivity index (χ0n) is 11.4. The lowest BCUT2D eigenvalue weighted by atomic mass is 10.1. The van der Waals surface area contributed by atoms with Crippen molar-refractivity contribution in [1.82, 2.24) is 5.32 Å². The van der Waals surface area contributed by atoms with E-state index in [1.54, 1.807) is 12.1 Å². The van der Waals surface area contributed by atoms with Crippen LogP contribution in [0.4, 0.5) is 10.1 Å². The second-order valence-corrected chi connectivity index (χ2v) is 6.71. The number of benzene rings is 1. The van der Waals surface area contributed by atoms with E-state index in [4.69, 9.17) is 0 Å². The Bertz CT molecular complexity index is 442. The molecule has 19 heavy (non-hydrogen) atoms. The molecule has 1 aliphatic heterocycles. The number of nitrogens with zero attached hydrogens (tertiary/aromatic N) is 1. The van der Waals surface area contributed by atoms with Gasteiger partial charge in [-0.2, -0.15) is 11.8 Å². The first-order chi connectivity index (χ1) is 9.24. The summed E-state index contributed by atoms with van der Waals surface area (Å²) in [6, 6.07) is 6.44. The fraction of sp³-hybridized carbons (Fsp3) is 0.600. The van der Waals surface area contributed by atoms with E-state index < -0.39 is 0 Å². The van der Waals surface area contributed by atoms with Crippen LogP contribution in [0.3, 0.4) is 0 Å². The summed E-state index contributed by atoms with van der Waals surface area (Å²) in [6.45, 7) is 0.780. The Hall–Kier alpha value is -0.740. The van der Waals surface area contributed by atoms with E-state index in [1.165, 1.54) is 36.5 Å². The molecule has 4 heteroatoms. The SMILES string of the molecule is CN(c1ccc(F)cc1CNC1CC1)C1CCSC1. The Balaban J connectivity index is 1.76. The predicted octanol–water partition coefficient (Wildman–Crippen LogP) is 3.02. The summed E-state index contributed by atoms with van der Waals surface area (Å²) in [4.78, 5) is 2.34. The minimum atomic E-state index is -0.134. The lowest BCUT2D eigenvalue weighted by Crippen LogP contribution is -2.32. The van der Waals surface area contributed by atoms with Gasteiger partial charge in [0.2, 0.25) is 0 Å². The lowest BCUT2D eigenvalue weighted by Gasteiger charge is -2.28. The molecule has 1 saturated heterocycles. The molecule has 1 N–H and O–H groups in total. The molecule has 0 aromatic heterocycles. The van der Waals surface area contributed by atoms with Crippen LogP contribution in [-0.2, 0) is 6.54 Å². The van der Waals surface area contributed by atoms with Crippen molar-refractivity contribution in [2.45, 2.75) is 37.9 Å². The highest BCUT2D eigenvalue weighted by Gasteiger charge is 2.24. The van der Waals surface area contributed by atoms with E-state index in [2.05, 4.69) is 17.3 Å². The molecule has 1 saturated carbocycles. The van der Waals surface area contributed by atoms with Crippen LogP contribution in [0, 0.1) is 5.82 Å². The standard InChI is InChI=1S/C15H21FN2S/c1-18(14-6-7-19-10-14)15-5-2-12(16)8-11(15)9-17-13-3-4-13/h2,5,8,13-14,17H,3-4,6-7,9-10H2,1H3. The Morgan fingerprint density at radius 3 is 2.89 bits per heavy atom. The van der Waals surface area contributed by atoms with Gasteiger partial charge in [0.05, 0.1) is 0 Å². The van der Waals surface area contributed by atoms with Crippen molar-refractivity contribution in [2.24, 2.45) is 0 Å². The Morgan fingerprint density at radius 2 is 2.21 bits per heavy atom. The molecular weight excluding hydrogens is 259 g/mol. The molecule has 104 valence electrons. The molecule has 1 atom stereocenters. The second-order valence-electron chi connectivity index (χ2n) is 5.56. The van der Waals surface area contributed by atoms with Gasteiger partial charge in [-0.15, -0.1) is 0 Å². The maximum Gasteiger partial charge on any atom is 0.123 e. The number of nitrogens with one attached hydrogen (secondary N) is 1. The number of hydrogen-bond donors (Lipinski definition) is 1. The zero-order chi connectivity index (χ0) is 13.2. The molecule has 2 aliphatic rings. The van der Waals surface area contributed by atoms with Gasteiger partial charge in [-0.05, 0) is 48.8 Å². The van der Waals surface area contributed by atoms with Crippen molar-refractivity contribution in [3.63, 3.8) is 0 Å². The molecule has 1 aromatic carbocycles. The van der Waals surface area contributed by atoms with Crippen LogP contribution in [0.2, 0.25) is 0 Å². The Kier molecular flexibility index (Phi) is 3.99. The molecule has 0 spiro atoms. The lowest BCUT2D eigenvalue weighted by molar-refractivity contribution is 0.616. The first kappa shape index (κ1) is 13.3.